The molecule has 0 aromatic heterocycles. The molecule has 0 saturated heterocycles. The van der Waals surface area contributed by atoms with Crippen LogP contribution >= 0.6 is 0 Å². The summed E-state index contributed by atoms with van der Waals surface area (Å²) < 4.78 is 0. The van der Waals surface area contributed by atoms with Crippen molar-refractivity contribution >= 4 is 11.7 Å². The van der Waals surface area contributed by atoms with Crippen LogP contribution in [0.2, 0.25) is 0 Å². The van der Waals surface area contributed by atoms with Crippen molar-refractivity contribution in [2.45, 2.75) is 33.1 Å². The minimum Gasteiger partial charge on any atom is -0.481 e. The highest BCUT2D eigenvalue weighted by molar-refractivity contribution is 6.00. The van der Waals surface area contributed by atoms with Gasteiger partial charge in [0.2, 0.25) is 0 Å². The summed E-state index contributed by atoms with van der Waals surface area (Å²) in [6.45, 7) is 4.13. The minimum absolute atomic E-state index is 0.0909. The Morgan fingerprint density at radius 1 is 1.67 bits per heavy atom. The molecular formula is C9H15NO2. The fraction of sp³-hybridized carbons (Fsp3) is 0.778. The standard InChI is InChI=1S/C9H15NO2/c1-9(2)4-3-7(10)6(5-9)8(11)12/h6,10H,3-5H2,1-2H3,(H,11,12). The van der Waals surface area contributed by atoms with Gasteiger partial charge in [0.1, 0.15) is 0 Å². The minimum atomic E-state index is -0.840. The summed E-state index contributed by atoms with van der Waals surface area (Å²) in [6.07, 6.45) is 2.20. The van der Waals surface area contributed by atoms with Crippen molar-refractivity contribution in [2.24, 2.45) is 11.3 Å². The second kappa shape index (κ2) is 2.88. The van der Waals surface area contributed by atoms with Gasteiger partial charge in [-0.1, -0.05) is 13.8 Å². The summed E-state index contributed by atoms with van der Waals surface area (Å²) in [5.74, 6) is -1.37. The SMILES string of the molecule is CC1(C)CCC(=N)C(C(=O)O)C1. The third-order valence-electron chi connectivity index (χ3n) is 2.55. The predicted octanol–water partition coefficient (Wildman–Crippen LogP) is 1.92. The van der Waals surface area contributed by atoms with Gasteiger partial charge in [0, 0.05) is 5.71 Å². The molecule has 2 N–H and O–H groups in total. The van der Waals surface area contributed by atoms with Crippen molar-refractivity contribution in [2.75, 3.05) is 0 Å². The van der Waals surface area contributed by atoms with Crippen LogP contribution in [-0.2, 0) is 4.79 Å². The van der Waals surface area contributed by atoms with Crippen LogP contribution in [0.4, 0.5) is 0 Å². The third-order valence-corrected chi connectivity index (χ3v) is 2.55. The second-order valence-electron chi connectivity index (χ2n) is 4.28. The van der Waals surface area contributed by atoms with Gasteiger partial charge in [-0.2, -0.15) is 0 Å². The van der Waals surface area contributed by atoms with E-state index in [9.17, 15) is 4.79 Å². The zero-order chi connectivity index (χ0) is 9.35. The first-order valence-corrected chi connectivity index (χ1v) is 4.22. The lowest BCUT2D eigenvalue weighted by atomic mass is 9.71. The van der Waals surface area contributed by atoms with E-state index >= 15 is 0 Å². The van der Waals surface area contributed by atoms with Gasteiger partial charge in [-0.3, -0.25) is 4.79 Å². The van der Waals surface area contributed by atoms with Gasteiger partial charge in [0.25, 0.3) is 0 Å². The van der Waals surface area contributed by atoms with Gasteiger partial charge >= 0.3 is 5.97 Å². The summed E-state index contributed by atoms with van der Waals surface area (Å²) >= 11 is 0. The van der Waals surface area contributed by atoms with Crippen LogP contribution in [0.15, 0.2) is 0 Å². The molecule has 3 nitrogen and oxygen atoms in total. The van der Waals surface area contributed by atoms with E-state index in [1.165, 1.54) is 0 Å². The van der Waals surface area contributed by atoms with Gasteiger partial charge in [0.15, 0.2) is 0 Å². The molecule has 0 amide bonds. The Morgan fingerprint density at radius 2 is 2.25 bits per heavy atom. The van der Waals surface area contributed by atoms with Gasteiger partial charge in [0.05, 0.1) is 5.92 Å². The Bertz CT molecular complexity index is 221. The largest absolute Gasteiger partial charge is 0.481 e. The molecule has 0 radical (unpaired) electrons. The first-order chi connectivity index (χ1) is 5.42. The van der Waals surface area contributed by atoms with Crippen molar-refractivity contribution in [3.05, 3.63) is 0 Å². The molecule has 0 heterocycles. The molecule has 0 bridgehead atoms. The summed E-state index contributed by atoms with van der Waals surface area (Å²) in [4.78, 5) is 10.7. The number of hydrogen-bond donors (Lipinski definition) is 2. The van der Waals surface area contributed by atoms with Crippen molar-refractivity contribution in [1.82, 2.24) is 0 Å². The van der Waals surface area contributed by atoms with Crippen molar-refractivity contribution in [3.8, 4) is 0 Å². The molecule has 68 valence electrons. The van der Waals surface area contributed by atoms with E-state index in [4.69, 9.17) is 10.5 Å². The van der Waals surface area contributed by atoms with Crippen LogP contribution < -0.4 is 0 Å². The highest BCUT2D eigenvalue weighted by Crippen LogP contribution is 2.36. The lowest BCUT2D eigenvalue weighted by Crippen LogP contribution is -2.34. The van der Waals surface area contributed by atoms with E-state index in [2.05, 4.69) is 13.8 Å². The Labute approximate surface area is 72.3 Å². The molecule has 3 heteroatoms. The molecule has 12 heavy (non-hydrogen) atoms. The maximum atomic E-state index is 10.7. The first kappa shape index (κ1) is 9.23. The number of nitrogens with one attached hydrogen (secondary N) is 1. The number of rotatable bonds is 1. The molecule has 1 aliphatic rings. The van der Waals surface area contributed by atoms with E-state index in [0.29, 0.717) is 18.6 Å². The number of carboxylic acids is 1. The highest BCUT2D eigenvalue weighted by Gasteiger charge is 2.35. The molecule has 0 aromatic carbocycles. The summed E-state index contributed by atoms with van der Waals surface area (Å²) in [6, 6.07) is 0. The molecule has 1 aliphatic carbocycles. The number of carboxylic acid groups (broad SMARTS) is 1. The molecule has 1 unspecified atom stereocenters. The monoisotopic (exact) mass is 169 g/mol. The zero-order valence-corrected chi connectivity index (χ0v) is 7.55. The average molecular weight is 169 g/mol. The highest BCUT2D eigenvalue weighted by atomic mass is 16.4. The van der Waals surface area contributed by atoms with Gasteiger partial charge < -0.3 is 10.5 Å². The molecule has 0 aromatic rings. The molecule has 1 rings (SSSR count). The van der Waals surface area contributed by atoms with Gasteiger partial charge in [-0.15, -0.1) is 0 Å². The molecule has 1 saturated carbocycles. The molecular weight excluding hydrogens is 154 g/mol. The number of hydrogen-bond acceptors (Lipinski definition) is 2. The summed E-state index contributed by atoms with van der Waals surface area (Å²) in [5.41, 5.74) is 0.481. The molecule has 0 spiro atoms. The van der Waals surface area contributed by atoms with E-state index < -0.39 is 11.9 Å². The van der Waals surface area contributed by atoms with E-state index in [1.54, 1.807) is 0 Å². The molecule has 1 fully saturated rings. The quantitative estimate of drug-likeness (QED) is 0.630. The first-order valence-electron chi connectivity index (χ1n) is 4.22. The van der Waals surface area contributed by atoms with Crippen molar-refractivity contribution in [1.29, 1.82) is 5.41 Å². The van der Waals surface area contributed by atoms with Crippen LogP contribution in [0.1, 0.15) is 33.1 Å². The lowest BCUT2D eigenvalue weighted by Gasteiger charge is -2.33. The predicted molar refractivity (Wildman–Crippen MR) is 46.5 cm³/mol. The maximum Gasteiger partial charge on any atom is 0.312 e. The van der Waals surface area contributed by atoms with E-state index in [0.717, 1.165) is 6.42 Å². The molecule has 0 aliphatic heterocycles. The Balaban J connectivity index is 2.72. The van der Waals surface area contributed by atoms with Crippen molar-refractivity contribution < 1.29 is 9.90 Å². The lowest BCUT2D eigenvalue weighted by molar-refractivity contribution is -0.140. The zero-order valence-electron chi connectivity index (χ0n) is 7.55. The van der Waals surface area contributed by atoms with Crippen LogP contribution in [-0.4, -0.2) is 16.8 Å². The van der Waals surface area contributed by atoms with Crippen LogP contribution in [0.3, 0.4) is 0 Å². The smallest absolute Gasteiger partial charge is 0.312 e. The van der Waals surface area contributed by atoms with Crippen molar-refractivity contribution in [3.63, 3.8) is 0 Å². The van der Waals surface area contributed by atoms with E-state index in [-0.39, 0.29) is 5.41 Å². The van der Waals surface area contributed by atoms with Gasteiger partial charge in [-0.25, -0.2) is 0 Å². The van der Waals surface area contributed by atoms with Crippen LogP contribution in [0.5, 0.6) is 0 Å². The maximum absolute atomic E-state index is 10.7. The Hall–Kier alpha value is -0.860. The third kappa shape index (κ3) is 1.84. The summed E-state index contributed by atoms with van der Waals surface area (Å²) in [5, 5.41) is 16.3. The summed E-state index contributed by atoms with van der Waals surface area (Å²) in [7, 11) is 0. The van der Waals surface area contributed by atoms with E-state index in [1.807, 2.05) is 0 Å². The van der Waals surface area contributed by atoms with Gasteiger partial charge in [-0.05, 0) is 24.7 Å². The van der Waals surface area contributed by atoms with Crippen LogP contribution in [0, 0.1) is 16.7 Å². The topological polar surface area (TPSA) is 61.2 Å². The Morgan fingerprint density at radius 3 is 2.67 bits per heavy atom. The number of carbonyl (C=O) groups is 1. The van der Waals surface area contributed by atoms with Crippen LogP contribution in [0.25, 0.3) is 0 Å². The number of aliphatic carboxylic acids is 1. The molecule has 1 atom stereocenters. The Kier molecular flexibility index (Phi) is 2.22. The normalized spacial score (nSPS) is 28.5. The average Bonchev–Trinajstić information content (AvgIpc) is 1.94. The fourth-order valence-electron chi connectivity index (χ4n) is 1.66. The second-order valence-corrected chi connectivity index (χ2v) is 4.28. The fourth-order valence-corrected chi connectivity index (χ4v) is 1.66.